The summed E-state index contributed by atoms with van der Waals surface area (Å²) in [6.07, 6.45) is 0.384. The molecule has 1 atom stereocenters. The molecule has 0 spiro atoms. The summed E-state index contributed by atoms with van der Waals surface area (Å²) in [5.41, 5.74) is 1.64. The molecule has 0 amide bonds. The molecule has 1 aliphatic rings. The SMILES string of the molecule is Cc1cc2c(cc1O)C(C)CC(=O)O2. The first-order valence-corrected chi connectivity index (χ1v) is 4.62. The van der Waals surface area contributed by atoms with E-state index in [4.69, 9.17) is 4.74 Å². The number of phenolic OH excluding ortho intramolecular Hbond substituents is 1. The summed E-state index contributed by atoms with van der Waals surface area (Å²) >= 11 is 0. The number of aromatic hydroxyl groups is 1. The maximum atomic E-state index is 11.1. The van der Waals surface area contributed by atoms with E-state index < -0.39 is 0 Å². The molecule has 0 aromatic heterocycles. The van der Waals surface area contributed by atoms with E-state index in [-0.39, 0.29) is 17.6 Å². The third-order valence-corrected chi connectivity index (χ3v) is 2.56. The molecule has 1 unspecified atom stereocenters. The number of rotatable bonds is 0. The van der Waals surface area contributed by atoms with Gasteiger partial charge in [0.2, 0.25) is 0 Å². The minimum absolute atomic E-state index is 0.123. The minimum atomic E-state index is -0.199. The van der Waals surface area contributed by atoms with Crippen molar-refractivity contribution in [2.75, 3.05) is 0 Å². The second-order valence-corrected chi connectivity index (χ2v) is 3.76. The van der Waals surface area contributed by atoms with Gasteiger partial charge in [-0.2, -0.15) is 0 Å². The van der Waals surface area contributed by atoms with Crippen molar-refractivity contribution in [3.05, 3.63) is 23.3 Å². The van der Waals surface area contributed by atoms with Crippen LogP contribution >= 0.6 is 0 Å². The lowest BCUT2D eigenvalue weighted by molar-refractivity contribution is -0.135. The van der Waals surface area contributed by atoms with E-state index in [9.17, 15) is 9.90 Å². The quantitative estimate of drug-likeness (QED) is 0.506. The Balaban J connectivity index is 2.54. The van der Waals surface area contributed by atoms with E-state index in [1.54, 1.807) is 19.1 Å². The molecule has 3 nitrogen and oxygen atoms in total. The number of aryl methyl sites for hydroxylation is 1. The van der Waals surface area contributed by atoms with Gasteiger partial charge in [0.05, 0.1) is 6.42 Å². The Hall–Kier alpha value is -1.51. The molecule has 74 valence electrons. The second kappa shape index (κ2) is 3.01. The summed E-state index contributed by atoms with van der Waals surface area (Å²) in [7, 11) is 0. The monoisotopic (exact) mass is 192 g/mol. The van der Waals surface area contributed by atoms with Crippen molar-refractivity contribution < 1.29 is 14.6 Å². The van der Waals surface area contributed by atoms with Gasteiger partial charge >= 0.3 is 5.97 Å². The molecule has 2 rings (SSSR count). The summed E-state index contributed by atoms with van der Waals surface area (Å²) in [6, 6.07) is 3.39. The zero-order chi connectivity index (χ0) is 10.3. The van der Waals surface area contributed by atoms with Crippen LogP contribution in [-0.4, -0.2) is 11.1 Å². The molecule has 1 heterocycles. The number of phenols is 1. The molecular weight excluding hydrogens is 180 g/mol. The van der Waals surface area contributed by atoms with Crippen molar-refractivity contribution >= 4 is 5.97 Å². The van der Waals surface area contributed by atoms with E-state index in [1.165, 1.54) is 0 Å². The van der Waals surface area contributed by atoms with Gasteiger partial charge in [-0.05, 0) is 30.5 Å². The zero-order valence-corrected chi connectivity index (χ0v) is 8.20. The van der Waals surface area contributed by atoms with Crippen LogP contribution in [0.25, 0.3) is 0 Å². The number of carbonyl (C=O) groups excluding carboxylic acids is 1. The van der Waals surface area contributed by atoms with Crippen LogP contribution in [0.2, 0.25) is 0 Å². The molecular formula is C11H12O3. The summed E-state index contributed by atoms with van der Waals surface area (Å²) in [5.74, 6) is 0.769. The van der Waals surface area contributed by atoms with Crippen LogP contribution < -0.4 is 4.74 Å². The van der Waals surface area contributed by atoms with Gasteiger partial charge in [-0.3, -0.25) is 4.79 Å². The molecule has 1 aliphatic heterocycles. The highest BCUT2D eigenvalue weighted by Crippen LogP contribution is 2.37. The van der Waals surface area contributed by atoms with Gasteiger partial charge in [-0.15, -0.1) is 0 Å². The van der Waals surface area contributed by atoms with Crippen LogP contribution in [0, 0.1) is 6.92 Å². The smallest absolute Gasteiger partial charge is 0.311 e. The number of carbonyl (C=O) groups is 1. The maximum absolute atomic E-state index is 11.1. The number of hydrogen-bond acceptors (Lipinski definition) is 3. The van der Waals surface area contributed by atoms with Gasteiger partial charge in [-0.1, -0.05) is 6.92 Å². The lowest BCUT2D eigenvalue weighted by atomic mass is 9.93. The third-order valence-electron chi connectivity index (χ3n) is 2.56. The van der Waals surface area contributed by atoms with Crippen molar-refractivity contribution in [2.24, 2.45) is 0 Å². The maximum Gasteiger partial charge on any atom is 0.311 e. The average molecular weight is 192 g/mol. The Bertz CT molecular complexity index is 396. The first-order chi connectivity index (χ1) is 6.58. The highest BCUT2D eigenvalue weighted by Gasteiger charge is 2.24. The molecule has 0 radical (unpaired) electrons. The Labute approximate surface area is 82.3 Å². The predicted octanol–water partition coefficient (Wildman–Crippen LogP) is 2.11. The zero-order valence-electron chi connectivity index (χ0n) is 8.20. The van der Waals surface area contributed by atoms with Crippen molar-refractivity contribution in [1.82, 2.24) is 0 Å². The van der Waals surface area contributed by atoms with Crippen LogP contribution in [0.3, 0.4) is 0 Å². The molecule has 14 heavy (non-hydrogen) atoms. The Morgan fingerprint density at radius 1 is 1.50 bits per heavy atom. The second-order valence-electron chi connectivity index (χ2n) is 3.76. The fraction of sp³-hybridized carbons (Fsp3) is 0.364. The Morgan fingerprint density at radius 2 is 2.21 bits per heavy atom. The van der Waals surface area contributed by atoms with Gasteiger partial charge in [0.1, 0.15) is 11.5 Å². The first-order valence-electron chi connectivity index (χ1n) is 4.62. The lowest BCUT2D eigenvalue weighted by Gasteiger charge is -2.22. The molecule has 1 aromatic carbocycles. The lowest BCUT2D eigenvalue weighted by Crippen LogP contribution is -2.18. The highest BCUT2D eigenvalue weighted by molar-refractivity contribution is 5.76. The van der Waals surface area contributed by atoms with Gasteiger partial charge in [0.15, 0.2) is 0 Å². The topological polar surface area (TPSA) is 46.5 Å². The highest BCUT2D eigenvalue weighted by atomic mass is 16.5. The minimum Gasteiger partial charge on any atom is -0.508 e. The van der Waals surface area contributed by atoms with E-state index in [1.807, 2.05) is 6.92 Å². The van der Waals surface area contributed by atoms with Crippen molar-refractivity contribution in [2.45, 2.75) is 26.2 Å². The number of ether oxygens (including phenoxy) is 1. The van der Waals surface area contributed by atoms with Gasteiger partial charge in [-0.25, -0.2) is 0 Å². The number of hydrogen-bond donors (Lipinski definition) is 1. The summed E-state index contributed by atoms with van der Waals surface area (Å²) in [5, 5.41) is 9.52. The Morgan fingerprint density at radius 3 is 2.93 bits per heavy atom. The Kier molecular flexibility index (Phi) is 1.95. The largest absolute Gasteiger partial charge is 0.508 e. The number of fused-ring (bicyclic) bond motifs is 1. The first kappa shape index (κ1) is 9.06. The molecule has 0 aliphatic carbocycles. The molecule has 0 fully saturated rings. The van der Waals surface area contributed by atoms with E-state index >= 15 is 0 Å². The predicted molar refractivity (Wildman–Crippen MR) is 51.5 cm³/mol. The number of esters is 1. The van der Waals surface area contributed by atoms with Crippen LogP contribution in [0.4, 0.5) is 0 Å². The standard InChI is InChI=1S/C11H12O3/c1-6-4-11(13)14-10-3-7(2)9(12)5-8(6)10/h3,5-6,12H,4H2,1-2H3. The fourth-order valence-electron chi connectivity index (χ4n) is 1.68. The molecule has 3 heteroatoms. The molecule has 0 saturated carbocycles. The van der Waals surface area contributed by atoms with Crippen molar-refractivity contribution in [3.63, 3.8) is 0 Å². The van der Waals surface area contributed by atoms with Gasteiger partial charge < -0.3 is 9.84 Å². The third kappa shape index (κ3) is 1.35. The van der Waals surface area contributed by atoms with Crippen molar-refractivity contribution in [1.29, 1.82) is 0 Å². The molecule has 1 aromatic rings. The normalized spacial score (nSPS) is 20.1. The van der Waals surface area contributed by atoms with E-state index in [0.29, 0.717) is 12.2 Å². The van der Waals surface area contributed by atoms with Crippen molar-refractivity contribution in [3.8, 4) is 11.5 Å². The van der Waals surface area contributed by atoms with Crippen LogP contribution in [0.15, 0.2) is 12.1 Å². The van der Waals surface area contributed by atoms with Gasteiger partial charge in [0, 0.05) is 5.56 Å². The van der Waals surface area contributed by atoms with Crippen LogP contribution in [0.5, 0.6) is 11.5 Å². The summed E-state index contributed by atoms with van der Waals surface area (Å²) in [6.45, 7) is 3.73. The van der Waals surface area contributed by atoms with Crippen LogP contribution in [0.1, 0.15) is 30.4 Å². The fourth-order valence-corrected chi connectivity index (χ4v) is 1.68. The number of benzene rings is 1. The van der Waals surface area contributed by atoms with Crippen LogP contribution in [-0.2, 0) is 4.79 Å². The average Bonchev–Trinajstić information content (AvgIpc) is 2.08. The molecule has 1 N–H and O–H groups in total. The van der Waals surface area contributed by atoms with E-state index in [2.05, 4.69) is 0 Å². The molecule has 0 bridgehead atoms. The molecule has 0 saturated heterocycles. The van der Waals surface area contributed by atoms with E-state index in [0.717, 1.165) is 11.1 Å². The summed E-state index contributed by atoms with van der Waals surface area (Å²) < 4.78 is 5.09. The van der Waals surface area contributed by atoms with Gasteiger partial charge in [0.25, 0.3) is 0 Å². The summed E-state index contributed by atoms with van der Waals surface area (Å²) in [4.78, 5) is 11.1.